The van der Waals surface area contributed by atoms with Gasteiger partial charge in [0.05, 0.1) is 16.6 Å². The van der Waals surface area contributed by atoms with Crippen LogP contribution in [0.3, 0.4) is 0 Å². The number of rotatable bonds is 3. The molecule has 2 nitrogen and oxygen atoms in total. The average molecular weight is 280 g/mol. The molecule has 0 aliphatic rings. The van der Waals surface area contributed by atoms with Crippen LogP contribution < -0.4 is 5.73 Å². The Hall–Kier alpha value is -1.32. The highest BCUT2D eigenvalue weighted by atomic mass is 35.5. The third-order valence-electron chi connectivity index (χ3n) is 2.75. The van der Waals surface area contributed by atoms with Crippen molar-refractivity contribution in [3.8, 4) is 0 Å². The van der Waals surface area contributed by atoms with Crippen LogP contribution in [0, 0.1) is 6.92 Å². The van der Waals surface area contributed by atoms with Crippen LogP contribution in [-0.4, -0.2) is 4.21 Å². The number of benzene rings is 2. The van der Waals surface area contributed by atoms with E-state index in [1.165, 1.54) is 0 Å². The van der Waals surface area contributed by atoms with Crippen LogP contribution in [-0.2, 0) is 16.6 Å². The Morgan fingerprint density at radius 3 is 2.61 bits per heavy atom. The summed E-state index contributed by atoms with van der Waals surface area (Å²) < 4.78 is 12.2. The van der Waals surface area contributed by atoms with Crippen molar-refractivity contribution >= 4 is 28.1 Å². The Kier molecular flexibility index (Phi) is 4.04. The van der Waals surface area contributed by atoms with Gasteiger partial charge in [0.25, 0.3) is 0 Å². The van der Waals surface area contributed by atoms with Crippen molar-refractivity contribution in [2.24, 2.45) is 0 Å². The monoisotopic (exact) mass is 279 g/mol. The number of nitrogen functional groups attached to an aromatic ring is 1. The van der Waals surface area contributed by atoms with Gasteiger partial charge in [-0.15, -0.1) is 0 Å². The molecule has 2 aromatic carbocycles. The van der Waals surface area contributed by atoms with Gasteiger partial charge in [0.15, 0.2) is 0 Å². The van der Waals surface area contributed by atoms with Crippen molar-refractivity contribution in [2.75, 3.05) is 5.73 Å². The largest absolute Gasteiger partial charge is 0.399 e. The van der Waals surface area contributed by atoms with Crippen LogP contribution in [0.2, 0.25) is 5.02 Å². The highest BCUT2D eigenvalue weighted by Crippen LogP contribution is 2.21. The molecule has 0 fully saturated rings. The molecule has 2 rings (SSSR count). The van der Waals surface area contributed by atoms with Gasteiger partial charge in [-0.1, -0.05) is 29.8 Å². The fourth-order valence-corrected chi connectivity index (χ4v) is 3.14. The van der Waals surface area contributed by atoms with Gasteiger partial charge in [-0.3, -0.25) is 4.21 Å². The zero-order chi connectivity index (χ0) is 13.1. The van der Waals surface area contributed by atoms with Crippen molar-refractivity contribution in [1.29, 1.82) is 0 Å². The lowest BCUT2D eigenvalue weighted by Gasteiger charge is -2.06. The molecule has 0 amide bonds. The number of hydrogen-bond acceptors (Lipinski definition) is 2. The molecule has 1 unspecified atom stereocenters. The highest BCUT2D eigenvalue weighted by molar-refractivity contribution is 7.84. The van der Waals surface area contributed by atoms with E-state index in [1.54, 1.807) is 12.1 Å². The molecule has 4 heteroatoms. The lowest BCUT2D eigenvalue weighted by Crippen LogP contribution is -1.99. The molecule has 0 aliphatic heterocycles. The molecular weight excluding hydrogens is 266 g/mol. The first kappa shape index (κ1) is 13.1. The smallest absolute Gasteiger partial charge is 0.0574 e. The lowest BCUT2D eigenvalue weighted by molar-refractivity contribution is 0.682. The number of nitrogens with two attached hydrogens (primary N) is 1. The van der Waals surface area contributed by atoms with E-state index in [0.29, 0.717) is 16.5 Å². The molecule has 0 bridgehead atoms. The fourth-order valence-electron chi connectivity index (χ4n) is 1.63. The molecule has 18 heavy (non-hydrogen) atoms. The summed E-state index contributed by atoms with van der Waals surface area (Å²) >= 11 is 6.06. The molecule has 94 valence electrons. The Labute approximate surface area is 114 Å². The minimum atomic E-state index is -1.10. The van der Waals surface area contributed by atoms with E-state index in [9.17, 15) is 4.21 Å². The Bertz CT molecular complexity index is 598. The quantitative estimate of drug-likeness (QED) is 0.874. The van der Waals surface area contributed by atoms with E-state index in [-0.39, 0.29) is 0 Å². The summed E-state index contributed by atoms with van der Waals surface area (Å²) in [5, 5.41) is 0.651. The van der Waals surface area contributed by atoms with E-state index in [0.717, 1.165) is 16.0 Å². The van der Waals surface area contributed by atoms with Gasteiger partial charge in [0, 0.05) is 15.6 Å². The van der Waals surface area contributed by atoms with Gasteiger partial charge < -0.3 is 5.73 Å². The van der Waals surface area contributed by atoms with E-state index in [2.05, 4.69) is 0 Å². The maximum absolute atomic E-state index is 12.2. The minimum Gasteiger partial charge on any atom is -0.399 e. The zero-order valence-electron chi connectivity index (χ0n) is 10.0. The second kappa shape index (κ2) is 5.55. The predicted octanol–water partition coefficient (Wildman–Crippen LogP) is 3.54. The van der Waals surface area contributed by atoms with Crippen LogP contribution in [0.5, 0.6) is 0 Å². The van der Waals surface area contributed by atoms with E-state index in [1.807, 2.05) is 37.3 Å². The Balaban J connectivity index is 2.22. The van der Waals surface area contributed by atoms with Crippen LogP contribution in [0.25, 0.3) is 0 Å². The molecular formula is C14H14ClNOS. The molecule has 0 aromatic heterocycles. The number of anilines is 1. The maximum atomic E-state index is 12.2. The van der Waals surface area contributed by atoms with Gasteiger partial charge in [-0.25, -0.2) is 0 Å². The molecule has 0 spiro atoms. The molecule has 0 radical (unpaired) electrons. The van der Waals surface area contributed by atoms with Crippen LogP contribution in [0.15, 0.2) is 47.4 Å². The average Bonchev–Trinajstić information content (AvgIpc) is 2.35. The van der Waals surface area contributed by atoms with Crippen LogP contribution in [0.4, 0.5) is 5.69 Å². The second-order valence-electron chi connectivity index (χ2n) is 4.10. The Morgan fingerprint density at radius 2 is 1.94 bits per heavy atom. The van der Waals surface area contributed by atoms with Crippen molar-refractivity contribution in [1.82, 2.24) is 0 Å². The molecule has 2 N–H and O–H groups in total. The molecule has 0 saturated heterocycles. The minimum absolute atomic E-state index is 0.420. The van der Waals surface area contributed by atoms with Crippen molar-refractivity contribution < 1.29 is 4.21 Å². The number of halogens is 1. The maximum Gasteiger partial charge on any atom is 0.0574 e. The SMILES string of the molecule is Cc1cc(S(=O)Cc2ccccc2Cl)ccc1N. The van der Waals surface area contributed by atoms with Gasteiger partial charge in [0.1, 0.15) is 0 Å². The van der Waals surface area contributed by atoms with Crippen LogP contribution >= 0.6 is 11.6 Å². The normalized spacial score (nSPS) is 12.3. The van der Waals surface area contributed by atoms with E-state index < -0.39 is 10.8 Å². The summed E-state index contributed by atoms with van der Waals surface area (Å²) in [6, 6.07) is 12.9. The first-order valence-corrected chi connectivity index (χ1v) is 7.25. The molecule has 0 saturated carbocycles. The fraction of sp³-hybridized carbons (Fsp3) is 0.143. The summed E-state index contributed by atoms with van der Waals surface area (Å²) in [5.41, 5.74) is 8.30. The van der Waals surface area contributed by atoms with Gasteiger partial charge in [-0.05, 0) is 42.3 Å². The lowest BCUT2D eigenvalue weighted by atomic mass is 10.2. The molecule has 2 aromatic rings. The van der Waals surface area contributed by atoms with Gasteiger partial charge >= 0.3 is 0 Å². The van der Waals surface area contributed by atoms with Crippen molar-refractivity contribution in [3.05, 3.63) is 58.6 Å². The molecule has 1 atom stereocenters. The summed E-state index contributed by atoms with van der Waals surface area (Å²) in [6.07, 6.45) is 0. The van der Waals surface area contributed by atoms with Gasteiger partial charge in [-0.2, -0.15) is 0 Å². The summed E-state index contributed by atoms with van der Waals surface area (Å²) in [5.74, 6) is 0.420. The third kappa shape index (κ3) is 2.92. The topological polar surface area (TPSA) is 43.1 Å². The number of aryl methyl sites for hydroxylation is 1. The zero-order valence-corrected chi connectivity index (χ0v) is 11.6. The molecule has 0 heterocycles. The first-order chi connectivity index (χ1) is 8.58. The second-order valence-corrected chi connectivity index (χ2v) is 5.96. The standard InChI is InChI=1S/C14H14ClNOS/c1-10-8-12(6-7-14(10)16)18(17)9-11-4-2-3-5-13(11)15/h2-8H,9,16H2,1H3. The predicted molar refractivity (Wildman–Crippen MR) is 77.2 cm³/mol. The summed E-state index contributed by atoms with van der Waals surface area (Å²) in [6.45, 7) is 1.91. The third-order valence-corrected chi connectivity index (χ3v) is 4.47. The van der Waals surface area contributed by atoms with Gasteiger partial charge in [0.2, 0.25) is 0 Å². The summed E-state index contributed by atoms with van der Waals surface area (Å²) in [7, 11) is -1.10. The van der Waals surface area contributed by atoms with Crippen LogP contribution in [0.1, 0.15) is 11.1 Å². The van der Waals surface area contributed by atoms with Crippen molar-refractivity contribution in [2.45, 2.75) is 17.6 Å². The highest BCUT2D eigenvalue weighted by Gasteiger charge is 2.08. The first-order valence-electron chi connectivity index (χ1n) is 5.56. The Morgan fingerprint density at radius 1 is 1.22 bits per heavy atom. The summed E-state index contributed by atoms with van der Waals surface area (Å²) in [4.78, 5) is 0.779. The van der Waals surface area contributed by atoms with Crippen molar-refractivity contribution in [3.63, 3.8) is 0 Å². The van der Waals surface area contributed by atoms with E-state index >= 15 is 0 Å². The number of hydrogen-bond donors (Lipinski definition) is 1. The molecule has 0 aliphatic carbocycles. The van der Waals surface area contributed by atoms with E-state index in [4.69, 9.17) is 17.3 Å².